The first-order valence-corrected chi connectivity index (χ1v) is 11.0. The highest BCUT2D eigenvalue weighted by Gasteiger charge is 2.25. The van der Waals surface area contributed by atoms with E-state index in [1.54, 1.807) is 24.3 Å². The van der Waals surface area contributed by atoms with Crippen LogP contribution in [0.5, 0.6) is 0 Å². The maximum Gasteiger partial charge on any atom is 0.321 e. The molecule has 0 spiro atoms. The van der Waals surface area contributed by atoms with E-state index in [0.29, 0.717) is 29.6 Å². The molecule has 3 rings (SSSR count). The van der Waals surface area contributed by atoms with E-state index in [9.17, 15) is 9.59 Å². The van der Waals surface area contributed by atoms with Crippen molar-refractivity contribution in [1.82, 2.24) is 10.2 Å². The van der Waals surface area contributed by atoms with Gasteiger partial charge in [0.15, 0.2) is 0 Å². The number of urea groups is 1. The van der Waals surface area contributed by atoms with Crippen LogP contribution in [0.4, 0.5) is 10.5 Å². The Kier molecular flexibility index (Phi) is 7.75. The number of amides is 3. The van der Waals surface area contributed by atoms with Gasteiger partial charge in [-0.3, -0.25) is 4.79 Å². The Labute approximate surface area is 183 Å². The van der Waals surface area contributed by atoms with Gasteiger partial charge in [-0.15, -0.1) is 0 Å². The third-order valence-electron chi connectivity index (χ3n) is 5.43. The van der Waals surface area contributed by atoms with Crippen LogP contribution in [0.2, 0.25) is 5.02 Å². The predicted molar refractivity (Wildman–Crippen MR) is 122 cm³/mol. The fraction of sp³-hybridized carbons (Fsp3) is 0.417. The molecule has 2 aromatic rings. The molecule has 0 radical (unpaired) electrons. The van der Waals surface area contributed by atoms with E-state index in [0.717, 1.165) is 37.1 Å². The summed E-state index contributed by atoms with van der Waals surface area (Å²) in [6.07, 6.45) is 2.90. The first kappa shape index (κ1) is 22.2. The van der Waals surface area contributed by atoms with E-state index in [1.807, 2.05) is 23.1 Å². The van der Waals surface area contributed by atoms with Crippen LogP contribution in [-0.2, 0) is 0 Å². The molecule has 1 aliphatic rings. The molecule has 1 atom stereocenters. The van der Waals surface area contributed by atoms with Gasteiger partial charge < -0.3 is 15.5 Å². The van der Waals surface area contributed by atoms with Gasteiger partial charge in [0.1, 0.15) is 0 Å². The van der Waals surface area contributed by atoms with Gasteiger partial charge in [0.2, 0.25) is 0 Å². The minimum absolute atomic E-state index is 0.0364. The monoisotopic (exact) mass is 427 g/mol. The fourth-order valence-electron chi connectivity index (χ4n) is 3.68. The second-order valence-electron chi connectivity index (χ2n) is 8.29. The summed E-state index contributed by atoms with van der Waals surface area (Å²) in [5.41, 5.74) is 2.51. The Morgan fingerprint density at radius 3 is 2.67 bits per heavy atom. The van der Waals surface area contributed by atoms with Gasteiger partial charge in [0, 0.05) is 41.8 Å². The van der Waals surface area contributed by atoms with Crippen molar-refractivity contribution in [3.63, 3.8) is 0 Å². The molecular weight excluding hydrogens is 398 g/mol. The molecule has 0 saturated carbocycles. The van der Waals surface area contributed by atoms with Gasteiger partial charge in [0.25, 0.3) is 5.91 Å². The van der Waals surface area contributed by atoms with Gasteiger partial charge in [-0.05, 0) is 67.1 Å². The first-order chi connectivity index (χ1) is 14.4. The van der Waals surface area contributed by atoms with E-state index >= 15 is 0 Å². The van der Waals surface area contributed by atoms with Crippen molar-refractivity contribution in [2.24, 2.45) is 5.92 Å². The second kappa shape index (κ2) is 10.5. The van der Waals surface area contributed by atoms with Crippen LogP contribution in [0.3, 0.4) is 0 Å². The number of carbonyl (C=O) groups is 2. The summed E-state index contributed by atoms with van der Waals surface area (Å²) in [7, 11) is 0. The third kappa shape index (κ3) is 6.23. The maximum absolute atomic E-state index is 12.7. The van der Waals surface area contributed by atoms with Crippen molar-refractivity contribution in [3.05, 3.63) is 64.7 Å². The summed E-state index contributed by atoms with van der Waals surface area (Å²) in [6, 6.07) is 14.8. The van der Waals surface area contributed by atoms with E-state index in [2.05, 4.69) is 30.5 Å². The Morgan fingerprint density at radius 2 is 1.93 bits per heavy atom. The lowest BCUT2D eigenvalue weighted by Gasteiger charge is -2.33. The molecule has 1 heterocycles. The molecule has 6 heteroatoms. The van der Waals surface area contributed by atoms with Crippen molar-refractivity contribution in [3.8, 4) is 0 Å². The average Bonchev–Trinajstić information content (AvgIpc) is 2.75. The summed E-state index contributed by atoms with van der Waals surface area (Å²) in [4.78, 5) is 27.0. The number of anilines is 1. The molecule has 0 unspecified atom stereocenters. The van der Waals surface area contributed by atoms with Gasteiger partial charge in [-0.1, -0.05) is 37.6 Å². The van der Waals surface area contributed by atoms with Crippen molar-refractivity contribution in [1.29, 1.82) is 0 Å². The number of benzene rings is 2. The zero-order valence-electron chi connectivity index (χ0n) is 17.7. The normalized spacial score (nSPS) is 16.4. The number of nitrogens with zero attached hydrogens (tertiary/aromatic N) is 1. The molecule has 2 aromatic carbocycles. The highest BCUT2D eigenvalue weighted by Crippen LogP contribution is 2.28. The van der Waals surface area contributed by atoms with Crippen LogP contribution < -0.4 is 10.6 Å². The second-order valence-corrected chi connectivity index (χ2v) is 8.72. The molecule has 3 amide bonds. The van der Waals surface area contributed by atoms with Gasteiger partial charge in [-0.25, -0.2) is 4.79 Å². The molecule has 1 saturated heterocycles. The SMILES string of the molecule is CC(C)CCNC(=O)c1cccc([C@@H]2CCCN(C(=O)Nc3ccc(Cl)cc3)C2)c1. The lowest BCUT2D eigenvalue weighted by Crippen LogP contribution is -2.41. The molecule has 0 aliphatic carbocycles. The lowest BCUT2D eigenvalue weighted by atomic mass is 9.89. The number of rotatable bonds is 6. The Bertz CT molecular complexity index is 867. The van der Waals surface area contributed by atoms with Crippen molar-refractivity contribution in [2.75, 3.05) is 25.0 Å². The highest BCUT2D eigenvalue weighted by molar-refractivity contribution is 6.30. The zero-order valence-corrected chi connectivity index (χ0v) is 18.4. The summed E-state index contributed by atoms with van der Waals surface area (Å²) in [5, 5.41) is 6.57. The zero-order chi connectivity index (χ0) is 21.5. The number of hydrogen-bond acceptors (Lipinski definition) is 2. The van der Waals surface area contributed by atoms with Crippen LogP contribution in [0, 0.1) is 5.92 Å². The molecule has 1 fully saturated rings. The number of hydrogen-bond donors (Lipinski definition) is 2. The molecule has 5 nitrogen and oxygen atoms in total. The Balaban J connectivity index is 1.61. The smallest absolute Gasteiger partial charge is 0.321 e. The Morgan fingerprint density at radius 1 is 1.17 bits per heavy atom. The van der Waals surface area contributed by atoms with E-state index in [1.165, 1.54) is 0 Å². The topological polar surface area (TPSA) is 61.4 Å². The molecule has 0 aromatic heterocycles. The summed E-state index contributed by atoms with van der Waals surface area (Å²) < 4.78 is 0. The maximum atomic E-state index is 12.7. The highest BCUT2D eigenvalue weighted by atomic mass is 35.5. The van der Waals surface area contributed by atoms with Gasteiger partial charge >= 0.3 is 6.03 Å². The molecule has 160 valence electrons. The average molecular weight is 428 g/mol. The van der Waals surface area contributed by atoms with Crippen molar-refractivity contribution >= 4 is 29.2 Å². The molecule has 0 bridgehead atoms. The van der Waals surface area contributed by atoms with E-state index in [4.69, 9.17) is 11.6 Å². The minimum Gasteiger partial charge on any atom is -0.352 e. The van der Waals surface area contributed by atoms with Crippen LogP contribution in [0.15, 0.2) is 48.5 Å². The van der Waals surface area contributed by atoms with Crippen LogP contribution in [-0.4, -0.2) is 36.5 Å². The van der Waals surface area contributed by atoms with E-state index < -0.39 is 0 Å². The largest absolute Gasteiger partial charge is 0.352 e. The number of likely N-dealkylation sites (tertiary alicyclic amines) is 1. The molecule has 1 aliphatic heterocycles. The summed E-state index contributed by atoms with van der Waals surface area (Å²) in [5.74, 6) is 0.743. The molecule has 2 N–H and O–H groups in total. The third-order valence-corrected chi connectivity index (χ3v) is 5.68. The predicted octanol–water partition coefficient (Wildman–Crippen LogP) is 5.53. The summed E-state index contributed by atoms with van der Waals surface area (Å²) >= 11 is 5.91. The number of nitrogens with one attached hydrogen (secondary N) is 2. The Hall–Kier alpha value is -2.53. The van der Waals surface area contributed by atoms with Gasteiger partial charge in [0.05, 0.1) is 0 Å². The number of piperidine rings is 1. The van der Waals surface area contributed by atoms with E-state index in [-0.39, 0.29) is 17.9 Å². The number of halogens is 1. The standard InChI is InChI=1S/C24H30ClN3O2/c1-17(2)12-13-26-23(29)19-6-3-5-18(15-19)20-7-4-14-28(16-20)24(30)27-22-10-8-21(25)9-11-22/h3,5-6,8-11,15,17,20H,4,7,12-14,16H2,1-2H3,(H,26,29)(H,27,30)/t20-/m1/s1. The van der Waals surface area contributed by atoms with Crippen LogP contribution in [0.25, 0.3) is 0 Å². The lowest BCUT2D eigenvalue weighted by molar-refractivity contribution is 0.0951. The van der Waals surface area contributed by atoms with Crippen LogP contribution in [0.1, 0.15) is 54.9 Å². The first-order valence-electron chi connectivity index (χ1n) is 10.6. The van der Waals surface area contributed by atoms with Crippen molar-refractivity contribution in [2.45, 2.75) is 39.0 Å². The molecule has 30 heavy (non-hydrogen) atoms. The quantitative estimate of drug-likeness (QED) is 0.636. The fourth-order valence-corrected chi connectivity index (χ4v) is 3.81. The minimum atomic E-state index is -0.107. The van der Waals surface area contributed by atoms with Crippen molar-refractivity contribution < 1.29 is 9.59 Å². The summed E-state index contributed by atoms with van der Waals surface area (Å²) in [6.45, 7) is 6.33. The molecular formula is C24H30ClN3O2. The number of carbonyl (C=O) groups excluding carboxylic acids is 2. The van der Waals surface area contributed by atoms with Crippen LogP contribution >= 0.6 is 11.6 Å². The van der Waals surface area contributed by atoms with Gasteiger partial charge in [-0.2, -0.15) is 0 Å².